The van der Waals surface area contributed by atoms with Crippen molar-refractivity contribution in [2.24, 2.45) is 0 Å². The molecular formula is C36H36N2O5. The SMILES string of the molecule is C=CC(=O)N(CCCOc1ccc(CC(Nc2ccccc2C(=O)c2ccccc2)C(=O)OC)cc1)c1ccccc1C. The molecule has 7 heteroatoms. The van der Waals surface area contributed by atoms with Crippen LogP contribution in [0.2, 0.25) is 0 Å². The van der Waals surface area contributed by atoms with E-state index in [1.165, 1.54) is 13.2 Å². The lowest BCUT2D eigenvalue weighted by Gasteiger charge is -2.23. The van der Waals surface area contributed by atoms with Crippen LogP contribution in [0.25, 0.3) is 0 Å². The van der Waals surface area contributed by atoms with E-state index in [1.807, 2.05) is 79.7 Å². The van der Waals surface area contributed by atoms with Crippen molar-refractivity contribution in [3.8, 4) is 5.75 Å². The van der Waals surface area contributed by atoms with Crippen molar-refractivity contribution in [1.29, 1.82) is 0 Å². The van der Waals surface area contributed by atoms with E-state index in [9.17, 15) is 14.4 Å². The number of benzene rings is 4. The summed E-state index contributed by atoms with van der Waals surface area (Å²) < 4.78 is 11.0. The molecule has 4 aromatic carbocycles. The lowest BCUT2D eigenvalue weighted by Crippen LogP contribution is -2.33. The molecule has 1 amide bonds. The molecule has 220 valence electrons. The molecule has 0 aliphatic heterocycles. The van der Waals surface area contributed by atoms with Crippen LogP contribution in [0.15, 0.2) is 116 Å². The zero-order chi connectivity index (χ0) is 30.6. The summed E-state index contributed by atoms with van der Waals surface area (Å²) in [5.74, 6) is -0.0404. The van der Waals surface area contributed by atoms with Crippen molar-refractivity contribution >= 4 is 29.0 Å². The summed E-state index contributed by atoms with van der Waals surface area (Å²) >= 11 is 0. The molecule has 0 heterocycles. The van der Waals surface area contributed by atoms with Crippen LogP contribution in [0.5, 0.6) is 5.75 Å². The van der Waals surface area contributed by atoms with Gasteiger partial charge in [0, 0.05) is 35.5 Å². The zero-order valence-corrected chi connectivity index (χ0v) is 24.5. The minimum atomic E-state index is -0.712. The first-order valence-corrected chi connectivity index (χ1v) is 14.2. The fourth-order valence-corrected chi connectivity index (χ4v) is 4.77. The van der Waals surface area contributed by atoms with E-state index in [0.717, 1.165) is 16.8 Å². The summed E-state index contributed by atoms with van der Waals surface area (Å²) in [4.78, 5) is 40.1. The van der Waals surface area contributed by atoms with E-state index in [1.54, 1.807) is 35.2 Å². The number of carbonyl (C=O) groups excluding carboxylic acids is 3. The summed E-state index contributed by atoms with van der Waals surface area (Å²) in [6.45, 7) is 6.52. The fraction of sp³-hybridized carbons (Fsp3) is 0.194. The second-order valence-corrected chi connectivity index (χ2v) is 9.99. The Morgan fingerprint density at radius 2 is 1.56 bits per heavy atom. The van der Waals surface area contributed by atoms with Gasteiger partial charge in [-0.25, -0.2) is 4.79 Å². The predicted octanol–water partition coefficient (Wildman–Crippen LogP) is 6.41. The van der Waals surface area contributed by atoms with Gasteiger partial charge in [0.1, 0.15) is 11.8 Å². The molecule has 7 nitrogen and oxygen atoms in total. The molecule has 1 atom stereocenters. The van der Waals surface area contributed by atoms with Gasteiger partial charge in [-0.2, -0.15) is 0 Å². The summed E-state index contributed by atoms with van der Waals surface area (Å²) in [6, 6.07) is 30.7. The van der Waals surface area contributed by atoms with Crippen LogP contribution in [-0.2, 0) is 20.7 Å². The van der Waals surface area contributed by atoms with Gasteiger partial charge in [-0.3, -0.25) is 9.59 Å². The topological polar surface area (TPSA) is 84.9 Å². The lowest BCUT2D eigenvalue weighted by molar-refractivity contribution is -0.141. The third kappa shape index (κ3) is 8.20. The highest BCUT2D eigenvalue weighted by Crippen LogP contribution is 2.23. The molecule has 0 bridgehead atoms. The number of rotatable bonds is 14. The van der Waals surface area contributed by atoms with Crippen molar-refractivity contribution in [1.82, 2.24) is 0 Å². The molecule has 0 aliphatic rings. The molecule has 0 saturated heterocycles. The van der Waals surface area contributed by atoms with Gasteiger partial charge in [0.05, 0.1) is 13.7 Å². The molecule has 0 fully saturated rings. The van der Waals surface area contributed by atoms with Crippen LogP contribution in [0.4, 0.5) is 11.4 Å². The summed E-state index contributed by atoms with van der Waals surface area (Å²) in [7, 11) is 1.35. The molecule has 1 N–H and O–H groups in total. The van der Waals surface area contributed by atoms with Crippen LogP contribution in [0, 0.1) is 6.92 Å². The number of esters is 1. The minimum Gasteiger partial charge on any atom is -0.494 e. The monoisotopic (exact) mass is 576 g/mol. The van der Waals surface area contributed by atoms with Gasteiger partial charge in [0.25, 0.3) is 0 Å². The number of methoxy groups -OCH3 is 1. The zero-order valence-electron chi connectivity index (χ0n) is 24.5. The van der Waals surface area contributed by atoms with Crippen LogP contribution in [-0.4, -0.2) is 44.0 Å². The normalized spacial score (nSPS) is 11.2. The van der Waals surface area contributed by atoms with Gasteiger partial charge in [0.15, 0.2) is 5.78 Å². The largest absolute Gasteiger partial charge is 0.494 e. The minimum absolute atomic E-state index is 0.135. The van der Waals surface area contributed by atoms with Crippen LogP contribution >= 0.6 is 0 Å². The van der Waals surface area contributed by atoms with Gasteiger partial charge in [-0.15, -0.1) is 0 Å². The number of nitrogens with zero attached hydrogens (tertiary/aromatic N) is 1. The van der Waals surface area contributed by atoms with Gasteiger partial charge < -0.3 is 19.7 Å². The molecule has 0 saturated carbocycles. The van der Waals surface area contributed by atoms with Gasteiger partial charge in [-0.05, 0) is 60.9 Å². The van der Waals surface area contributed by atoms with Gasteiger partial charge in [-0.1, -0.05) is 79.4 Å². The Balaban J connectivity index is 1.37. The van der Waals surface area contributed by atoms with Crippen molar-refractivity contribution in [2.45, 2.75) is 25.8 Å². The summed E-state index contributed by atoms with van der Waals surface area (Å²) in [5, 5.41) is 3.23. The first kappa shape index (κ1) is 30.8. The Hall–Kier alpha value is -5.17. The Morgan fingerprint density at radius 1 is 0.884 bits per heavy atom. The van der Waals surface area contributed by atoms with Crippen molar-refractivity contribution in [3.63, 3.8) is 0 Å². The number of amides is 1. The molecule has 1 unspecified atom stereocenters. The molecule has 4 aromatic rings. The smallest absolute Gasteiger partial charge is 0.328 e. The lowest BCUT2D eigenvalue weighted by atomic mass is 10.00. The average Bonchev–Trinajstić information content (AvgIpc) is 3.05. The number of anilines is 2. The van der Waals surface area contributed by atoms with E-state index < -0.39 is 12.0 Å². The molecule has 0 radical (unpaired) electrons. The van der Waals surface area contributed by atoms with E-state index in [-0.39, 0.29) is 11.7 Å². The maximum Gasteiger partial charge on any atom is 0.328 e. The molecule has 43 heavy (non-hydrogen) atoms. The number of hydrogen-bond donors (Lipinski definition) is 1. The number of ether oxygens (including phenoxy) is 2. The molecule has 0 spiro atoms. The van der Waals surface area contributed by atoms with Crippen molar-refractivity contribution in [2.75, 3.05) is 30.5 Å². The second-order valence-electron chi connectivity index (χ2n) is 9.99. The molecule has 4 rings (SSSR count). The first-order valence-electron chi connectivity index (χ1n) is 14.2. The fourth-order valence-electron chi connectivity index (χ4n) is 4.77. The molecular weight excluding hydrogens is 540 g/mol. The maximum atomic E-state index is 13.2. The molecule has 0 aliphatic carbocycles. The van der Waals surface area contributed by atoms with Crippen LogP contribution < -0.4 is 15.0 Å². The number of aryl methyl sites for hydroxylation is 1. The third-order valence-electron chi connectivity index (χ3n) is 7.03. The highest BCUT2D eigenvalue weighted by atomic mass is 16.5. The second kappa shape index (κ2) is 15.2. The Kier molecular flexibility index (Phi) is 10.9. The van der Waals surface area contributed by atoms with E-state index in [2.05, 4.69) is 11.9 Å². The standard InChI is InChI=1S/C36H36N2O5/c1-4-34(39)38(33-18-11-8-13-26(33)2)23-12-24-43-29-21-19-27(20-22-29)25-32(36(41)42-3)37-31-17-10-9-16-30(31)35(40)28-14-6-5-7-15-28/h4-11,13-22,32,37H,1,12,23-25H2,2-3H3. The highest BCUT2D eigenvalue weighted by Gasteiger charge is 2.23. The summed E-state index contributed by atoms with van der Waals surface area (Å²) in [6.07, 6.45) is 2.29. The average molecular weight is 577 g/mol. The number of carbonyl (C=O) groups is 3. The highest BCUT2D eigenvalue weighted by molar-refractivity contribution is 6.12. The van der Waals surface area contributed by atoms with Gasteiger partial charge >= 0.3 is 5.97 Å². The molecule has 0 aromatic heterocycles. The van der Waals surface area contributed by atoms with Crippen molar-refractivity contribution < 1.29 is 23.9 Å². The van der Waals surface area contributed by atoms with Crippen LogP contribution in [0.3, 0.4) is 0 Å². The van der Waals surface area contributed by atoms with Crippen LogP contribution in [0.1, 0.15) is 33.5 Å². The van der Waals surface area contributed by atoms with E-state index in [4.69, 9.17) is 9.47 Å². The Labute approximate surface area is 252 Å². The predicted molar refractivity (Wildman–Crippen MR) is 170 cm³/mol. The number of hydrogen-bond acceptors (Lipinski definition) is 6. The Morgan fingerprint density at radius 3 is 2.26 bits per heavy atom. The van der Waals surface area contributed by atoms with E-state index in [0.29, 0.717) is 48.6 Å². The number of ketones is 1. The first-order chi connectivity index (χ1) is 20.9. The quantitative estimate of drug-likeness (QED) is 0.0808. The third-order valence-corrected chi connectivity index (χ3v) is 7.03. The maximum absolute atomic E-state index is 13.2. The Bertz CT molecular complexity index is 1550. The number of nitrogens with one attached hydrogen (secondary N) is 1. The van der Waals surface area contributed by atoms with Crippen molar-refractivity contribution in [3.05, 3.63) is 138 Å². The number of para-hydroxylation sites is 2. The summed E-state index contributed by atoms with van der Waals surface area (Å²) in [5.41, 5.74) is 4.36. The van der Waals surface area contributed by atoms with E-state index >= 15 is 0 Å². The van der Waals surface area contributed by atoms with Gasteiger partial charge in [0.2, 0.25) is 5.91 Å².